The van der Waals surface area contributed by atoms with Crippen molar-refractivity contribution in [3.05, 3.63) is 125 Å². The zero-order valence-corrected chi connectivity index (χ0v) is 25.9. The van der Waals surface area contributed by atoms with Crippen LogP contribution < -0.4 is 0 Å². The third-order valence-electron chi connectivity index (χ3n) is 7.42. The predicted octanol–water partition coefficient (Wildman–Crippen LogP) is 11.8. The summed E-state index contributed by atoms with van der Waals surface area (Å²) in [6.45, 7) is 22.3. The first-order valence-electron chi connectivity index (χ1n) is 15.1. The highest BCUT2D eigenvalue weighted by atomic mass is 16.3. The van der Waals surface area contributed by atoms with Gasteiger partial charge in [0.05, 0.1) is 0 Å². The molecule has 0 bridgehead atoms. The summed E-state index contributed by atoms with van der Waals surface area (Å²) >= 11 is 0. The van der Waals surface area contributed by atoms with Gasteiger partial charge >= 0.3 is 0 Å². The molecule has 0 heterocycles. The van der Waals surface area contributed by atoms with Gasteiger partial charge in [-0.2, -0.15) is 0 Å². The van der Waals surface area contributed by atoms with E-state index in [1.165, 1.54) is 53.5 Å². The van der Waals surface area contributed by atoms with Gasteiger partial charge in [-0.15, -0.1) is 0 Å². The van der Waals surface area contributed by atoms with E-state index in [9.17, 15) is 0 Å². The maximum absolute atomic E-state index is 9.06. The van der Waals surface area contributed by atoms with Gasteiger partial charge in [0.2, 0.25) is 0 Å². The molecule has 0 radical (unpaired) electrons. The number of allylic oxidation sites excluding steroid dienone is 7. The molecule has 2 aromatic rings. The van der Waals surface area contributed by atoms with Crippen molar-refractivity contribution in [3.8, 4) is 0 Å². The smallest absolute Gasteiger partial charge is 0.115 e. The maximum atomic E-state index is 9.06. The first-order chi connectivity index (χ1) is 18.8. The van der Waals surface area contributed by atoms with Crippen molar-refractivity contribution in [1.29, 1.82) is 0 Å². The quantitative estimate of drug-likeness (QED) is 0.281. The van der Waals surface area contributed by atoms with Gasteiger partial charge in [-0.05, 0) is 67.2 Å². The first-order valence-corrected chi connectivity index (χ1v) is 15.1. The highest BCUT2D eigenvalue weighted by molar-refractivity contribution is 5.56. The van der Waals surface area contributed by atoms with Gasteiger partial charge in [-0.25, -0.2) is 0 Å². The van der Waals surface area contributed by atoms with Gasteiger partial charge in [-0.3, -0.25) is 0 Å². The molecule has 1 heteroatoms. The van der Waals surface area contributed by atoms with Gasteiger partial charge in [-0.1, -0.05) is 152 Å². The van der Waals surface area contributed by atoms with E-state index in [-0.39, 0.29) is 11.2 Å². The molecule has 0 unspecified atom stereocenters. The Morgan fingerprint density at radius 1 is 0.897 bits per heavy atom. The van der Waals surface area contributed by atoms with Crippen molar-refractivity contribution >= 4 is 5.76 Å². The van der Waals surface area contributed by atoms with E-state index in [1.807, 2.05) is 52.0 Å². The third kappa shape index (κ3) is 10.6. The van der Waals surface area contributed by atoms with Crippen LogP contribution in [0.15, 0.2) is 103 Å². The number of rotatable bonds is 7. The molecule has 39 heavy (non-hydrogen) atoms. The number of aryl methyl sites for hydroxylation is 1. The lowest BCUT2D eigenvalue weighted by Crippen LogP contribution is -2.23. The van der Waals surface area contributed by atoms with Crippen molar-refractivity contribution in [2.24, 2.45) is 0 Å². The van der Waals surface area contributed by atoms with E-state index in [4.69, 9.17) is 5.11 Å². The van der Waals surface area contributed by atoms with Crippen molar-refractivity contribution in [2.45, 2.75) is 105 Å². The van der Waals surface area contributed by atoms with E-state index in [0.29, 0.717) is 5.92 Å². The van der Waals surface area contributed by atoms with Crippen LogP contribution in [-0.4, -0.2) is 5.11 Å². The van der Waals surface area contributed by atoms with Crippen LogP contribution in [0.5, 0.6) is 0 Å². The number of hydrogen-bond acceptors (Lipinski definition) is 1. The van der Waals surface area contributed by atoms with Crippen molar-refractivity contribution < 1.29 is 5.11 Å². The van der Waals surface area contributed by atoms with Gasteiger partial charge in [0, 0.05) is 11.0 Å². The fraction of sp³-hybridized carbons (Fsp3) is 0.421. The second-order valence-corrected chi connectivity index (χ2v) is 10.3. The Bertz CT molecular complexity index is 1090. The third-order valence-corrected chi connectivity index (χ3v) is 7.42. The molecule has 0 amide bonds. The lowest BCUT2D eigenvalue weighted by Gasteiger charge is -2.31. The Hall–Kier alpha value is -3.06. The van der Waals surface area contributed by atoms with E-state index >= 15 is 0 Å². The summed E-state index contributed by atoms with van der Waals surface area (Å²) in [5.41, 5.74) is 8.02. The van der Waals surface area contributed by atoms with Crippen LogP contribution >= 0.6 is 0 Å². The zero-order valence-electron chi connectivity index (χ0n) is 25.9. The molecule has 0 spiro atoms. The highest BCUT2D eigenvalue weighted by Crippen LogP contribution is 2.46. The topological polar surface area (TPSA) is 20.2 Å². The summed E-state index contributed by atoms with van der Waals surface area (Å²) in [4.78, 5) is 0. The van der Waals surface area contributed by atoms with Crippen LogP contribution in [-0.2, 0) is 11.8 Å². The molecular weight excluding hydrogens is 472 g/mol. The summed E-state index contributed by atoms with van der Waals surface area (Å²) in [5.74, 6) is 0.663. The molecule has 0 aromatic heterocycles. The lowest BCUT2D eigenvalue weighted by atomic mass is 9.73. The monoisotopic (exact) mass is 526 g/mol. The van der Waals surface area contributed by atoms with Gasteiger partial charge in [0.25, 0.3) is 0 Å². The number of hydrogen-bond donors (Lipinski definition) is 1. The molecule has 1 saturated carbocycles. The fourth-order valence-corrected chi connectivity index (χ4v) is 5.10. The Kier molecular flexibility index (Phi) is 15.9. The number of aliphatic hydroxyl groups is 1. The van der Waals surface area contributed by atoms with E-state index in [2.05, 4.69) is 88.6 Å². The summed E-state index contributed by atoms with van der Waals surface area (Å²) in [6, 6.07) is 17.1. The average molecular weight is 527 g/mol. The molecule has 1 N–H and O–H groups in total. The molecule has 0 atom stereocenters. The molecule has 2 aliphatic carbocycles. The molecule has 2 aromatic carbocycles. The normalized spacial score (nSPS) is 14.9. The fourth-order valence-electron chi connectivity index (χ4n) is 5.10. The first kappa shape index (κ1) is 34.0. The molecule has 0 aliphatic heterocycles. The maximum Gasteiger partial charge on any atom is 0.115 e. The van der Waals surface area contributed by atoms with Crippen LogP contribution in [0.4, 0.5) is 0 Å². The zero-order chi connectivity index (χ0) is 29.3. The predicted molar refractivity (Wildman–Crippen MR) is 176 cm³/mol. The van der Waals surface area contributed by atoms with Gasteiger partial charge in [0.1, 0.15) is 5.76 Å². The molecule has 1 nitrogen and oxygen atoms in total. The van der Waals surface area contributed by atoms with E-state index in [1.54, 1.807) is 0 Å². The molecule has 1 fully saturated rings. The van der Waals surface area contributed by atoms with Crippen LogP contribution in [0.2, 0.25) is 0 Å². The molecule has 2 aliphatic rings. The standard InChI is InChI=1S/C23H28.C11H14O.2C2H6/c1-19(2)23(16-7-8-17-23)22-13-9-12-21(18-22)15-14-20-10-5-3-4-6-11-20;1-8(2)10-4-6-11(7-5-10)9(3)12;2*1-2/h3,5-6,9-13,18H,1,4,7-8,14-17H2,2H3;4-8,12H,3H2,1-2H3;2*1-2H3. The Morgan fingerprint density at radius 3 is 2.10 bits per heavy atom. The van der Waals surface area contributed by atoms with Gasteiger partial charge in [0.15, 0.2) is 0 Å². The Labute approximate surface area is 240 Å². The number of aliphatic hydroxyl groups excluding tert-OH is 1. The molecule has 0 saturated heterocycles. The van der Waals surface area contributed by atoms with E-state index in [0.717, 1.165) is 24.8 Å². The van der Waals surface area contributed by atoms with Crippen LogP contribution in [0.25, 0.3) is 5.76 Å². The minimum atomic E-state index is 0.130. The summed E-state index contributed by atoms with van der Waals surface area (Å²) in [6.07, 6.45) is 19.7. The molecule has 4 rings (SSSR count). The van der Waals surface area contributed by atoms with Crippen LogP contribution in [0, 0.1) is 0 Å². The SMILES string of the molecule is C=C(C)C1(c2cccc(CCC3=CC=CCC=C3)c2)CCCC1.C=C(O)c1ccc(C(C)C)cc1.CC.CC. The minimum Gasteiger partial charge on any atom is -0.508 e. The molecular formula is C38H54O. The largest absolute Gasteiger partial charge is 0.508 e. The van der Waals surface area contributed by atoms with Gasteiger partial charge < -0.3 is 5.11 Å². The van der Waals surface area contributed by atoms with Crippen molar-refractivity contribution in [3.63, 3.8) is 0 Å². The van der Waals surface area contributed by atoms with Crippen molar-refractivity contribution in [1.82, 2.24) is 0 Å². The minimum absolute atomic E-state index is 0.130. The van der Waals surface area contributed by atoms with Crippen LogP contribution in [0.3, 0.4) is 0 Å². The average Bonchev–Trinajstić information content (AvgIpc) is 3.34. The summed E-state index contributed by atoms with van der Waals surface area (Å²) in [5, 5.41) is 9.06. The second-order valence-electron chi connectivity index (χ2n) is 10.3. The van der Waals surface area contributed by atoms with Crippen molar-refractivity contribution in [2.75, 3.05) is 0 Å². The summed E-state index contributed by atoms with van der Waals surface area (Å²) < 4.78 is 0. The number of benzene rings is 2. The Balaban J connectivity index is 0.000000402. The van der Waals surface area contributed by atoms with E-state index < -0.39 is 0 Å². The lowest BCUT2D eigenvalue weighted by molar-refractivity contribution is 0.514. The second kappa shape index (κ2) is 18.3. The highest BCUT2D eigenvalue weighted by Gasteiger charge is 2.36. The van der Waals surface area contributed by atoms with Crippen LogP contribution in [0.1, 0.15) is 115 Å². The Morgan fingerprint density at radius 2 is 1.54 bits per heavy atom. The molecule has 212 valence electrons. The summed E-state index contributed by atoms with van der Waals surface area (Å²) in [7, 11) is 0.